The van der Waals surface area contributed by atoms with Gasteiger partial charge in [-0.25, -0.2) is 0 Å². The van der Waals surface area contributed by atoms with Crippen LogP contribution in [0.25, 0.3) is 0 Å². The summed E-state index contributed by atoms with van der Waals surface area (Å²) in [5.41, 5.74) is 1.82. The van der Waals surface area contributed by atoms with Gasteiger partial charge in [0, 0.05) is 23.1 Å². The third-order valence-corrected chi connectivity index (χ3v) is 5.67. The van der Waals surface area contributed by atoms with Gasteiger partial charge in [-0.3, -0.25) is 19.3 Å². The lowest BCUT2D eigenvalue weighted by Gasteiger charge is -2.26. The molecule has 0 atom stereocenters. The Morgan fingerprint density at radius 3 is 2.10 bits per heavy atom. The number of halogens is 1. The monoisotopic (exact) mass is 478 g/mol. The molecule has 3 amide bonds. The van der Waals surface area contributed by atoms with E-state index in [-0.39, 0.29) is 30.8 Å². The fraction of sp³-hybridized carbons (Fsp3) is 0.125. The Labute approximate surface area is 188 Å². The number of methoxy groups -OCH3 is 1. The number of benzene rings is 3. The van der Waals surface area contributed by atoms with Gasteiger partial charge in [0.2, 0.25) is 0 Å². The van der Waals surface area contributed by atoms with Crippen LogP contribution in [-0.4, -0.2) is 42.8 Å². The number of carbonyl (C=O) groups excluding carboxylic acids is 3. The number of fused-ring (bicyclic) bond motifs is 1. The molecule has 3 aromatic carbocycles. The smallest absolute Gasteiger partial charge is 0.261 e. The van der Waals surface area contributed by atoms with Crippen molar-refractivity contribution in [1.82, 2.24) is 4.90 Å². The van der Waals surface area contributed by atoms with E-state index in [0.29, 0.717) is 28.1 Å². The van der Waals surface area contributed by atoms with Crippen LogP contribution in [-0.2, 0) is 0 Å². The van der Waals surface area contributed by atoms with Gasteiger partial charge >= 0.3 is 0 Å². The molecule has 0 aromatic heterocycles. The Bertz CT molecular complexity index is 1130. The number of ether oxygens (including phenoxy) is 1. The number of imide groups is 1. The molecular formula is C24H19BrN2O4. The average Bonchev–Trinajstić information content (AvgIpc) is 3.04. The van der Waals surface area contributed by atoms with Gasteiger partial charge in [0.15, 0.2) is 0 Å². The maximum atomic E-state index is 13.4. The molecule has 0 bridgehead atoms. The number of hydrogen-bond donors (Lipinski definition) is 0. The molecule has 6 nitrogen and oxygen atoms in total. The maximum Gasteiger partial charge on any atom is 0.261 e. The van der Waals surface area contributed by atoms with Gasteiger partial charge in [0.1, 0.15) is 5.75 Å². The first-order valence-electron chi connectivity index (χ1n) is 9.67. The van der Waals surface area contributed by atoms with E-state index >= 15 is 0 Å². The molecule has 1 heterocycles. The minimum absolute atomic E-state index is 0.0622. The Hall–Kier alpha value is -3.45. The van der Waals surface area contributed by atoms with Crippen molar-refractivity contribution < 1.29 is 19.1 Å². The first-order chi connectivity index (χ1) is 15.0. The van der Waals surface area contributed by atoms with Crippen LogP contribution in [0.2, 0.25) is 0 Å². The van der Waals surface area contributed by atoms with Crippen LogP contribution in [0.4, 0.5) is 5.69 Å². The van der Waals surface area contributed by atoms with Crippen molar-refractivity contribution in [3.05, 3.63) is 94.0 Å². The van der Waals surface area contributed by atoms with Crippen molar-refractivity contribution in [2.24, 2.45) is 0 Å². The van der Waals surface area contributed by atoms with Crippen molar-refractivity contribution in [2.75, 3.05) is 25.1 Å². The van der Waals surface area contributed by atoms with Crippen LogP contribution >= 0.6 is 15.9 Å². The molecule has 0 fully saturated rings. The van der Waals surface area contributed by atoms with Crippen LogP contribution in [0.15, 0.2) is 77.3 Å². The molecule has 31 heavy (non-hydrogen) atoms. The van der Waals surface area contributed by atoms with E-state index in [1.54, 1.807) is 60.7 Å². The summed E-state index contributed by atoms with van der Waals surface area (Å²) in [5, 5.41) is 0. The zero-order chi connectivity index (χ0) is 22.0. The summed E-state index contributed by atoms with van der Waals surface area (Å²) in [6.07, 6.45) is 0. The predicted octanol–water partition coefficient (Wildman–Crippen LogP) is 4.40. The number of anilines is 1. The summed E-state index contributed by atoms with van der Waals surface area (Å²) in [4.78, 5) is 41.6. The van der Waals surface area contributed by atoms with Crippen molar-refractivity contribution in [3.63, 3.8) is 0 Å². The van der Waals surface area contributed by atoms with Gasteiger partial charge in [0.05, 0.1) is 23.9 Å². The molecule has 0 saturated carbocycles. The highest BCUT2D eigenvalue weighted by Gasteiger charge is 2.35. The standard InChI is InChI=1S/C24H19BrN2O4/c1-31-21-9-5-4-8-20(21)26(22(28)16-10-12-17(25)13-11-16)14-15-27-23(29)18-6-2-3-7-19(18)24(27)30/h2-13H,14-15H2,1H3. The zero-order valence-electron chi connectivity index (χ0n) is 16.7. The lowest BCUT2D eigenvalue weighted by Crippen LogP contribution is -2.41. The fourth-order valence-corrected chi connectivity index (χ4v) is 3.84. The molecule has 1 aliphatic rings. The number of para-hydroxylation sites is 2. The third-order valence-electron chi connectivity index (χ3n) is 5.14. The second-order valence-electron chi connectivity index (χ2n) is 6.94. The fourth-order valence-electron chi connectivity index (χ4n) is 3.57. The molecule has 3 aromatic rings. The molecule has 156 valence electrons. The Morgan fingerprint density at radius 2 is 1.48 bits per heavy atom. The first-order valence-corrected chi connectivity index (χ1v) is 10.5. The Balaban J connectivity index is 1.64. The second kappa shape index (κ2) is 8.73. The molecule has 0 N–H and O–H groups in total. The van der Waals surface area contributed by atoms with Crippen molar-refractivity contribution in [3.8, 4) is 5.75 Å². The molecule has 1 aliphatic heterocycles. The summed E-state index contributed by atoms with van der Waals surface area (Å²) >= 11 is 3.38. The van der Waals surface area contributed by atoms with Gasteiger partial charge in [-0.05, 0) is 48.5 Å². The molecule has 0 radical (unpaired) electrons. The lowest BCUT2D eigenvalue weighted by atomic mass is 10.1. The quantitative estimate of drug-likeness (QED) is 0.492. The SMILES string of the molecule is COc1ccccc1N(CCN1C(=O)c2ccccc2C1=O)C(=O)c1ccc(Br)cc1. The zero-order valence-corrected chi connectivity index (χ0v) is 18.3. The highest BCUT2D eigenvalue weighted by molar-refractivity contribution is 9.10. The highest BCUT2D eigenvalue weighted by atomic mass is 79.9. The minimum atomic E-state index is -0.350. The summed E-state index contributed by atoms with van der Waals surface area (Å²) in [6, 6.07) is 20.9. The van der Waals surface area contributed by atoms with Gasteiger partial charge in [0.25, 0.3) is 17.7 Å². The van der Waals surface area contributed by atoms with E-state index in [1.807, 2.05) is 12.1 Å². The molecule has 0 aliphatic carbocycles. The Morgan fingerprint density at radius 1 is 0.903 bits per heavy atom. The van der Waals surface area contributed by atoms with Crippen LogP contribution in [0.1, 0.15) is 31.1 Å². The van der Waals surface area contributed by atoms with E-state index in [0.717, 1.165) is 4.47 Å². The number of nitrogens with zero attached hydrogens (tertiary/aromatic N) is 2. The maximum absolute atomic E-state index is 13.4. The van der Waals surface area contributed by atoms with E-state index in [1.165, 1.54) is 16.9 Å². The topological polar surface area (TPSA) is 66.9 Å². The minimum Gasteiger partial charge on any atom is -0.495 e. The normalized spacial score (nSPS) is 12.6. The summed E-state index contributed by atoms with van der Waals surface area (Å²) in [7, 11) is 1.53. The van der Waals surface area contributed by atoms with Crippen molar-refractivity contribution in [1.29, 1.82) is 0 Å². The van der Waals surface area contributed by atoms with Crippen LogP contribution in [0.5, 0.6) is 5.75 Å². The summed E-state index contributed by atoms with van der Waals surface area (Å²) in [5.74, 6) is -0.433. The summed E-state index contributed by atoms with van der Waals surface area (Å²) < 4.78 is 6.31. The van der Waals surface area contributed by atoms with E-state index in [2.05, 4.69) is 15.9 Å². The number of hydrogen-bond acceptors (Lipinski definition) is 4. The third kappa shape index (κ3) is 3.96. The van der Waals surface area contributed by atoms with E-state index in [4.69, 9.17) is 4.74 Å². The molecule has 0 saturated heterocycles. The Kier molecular flexibility index (Phi) is 5.86. The highest BCUT2D eigenvalue weighted by Crippen LogP contribution is 2.30. The second-order valence-corrected chi connectivity index (χ2v) is 7.86. The lowest BCUT2D eigenvalue weighted by molar-refractivity contribution is 0.0654. The molecule has 4 rings (SSSR count). The number of amides is 3. The van der Waals surface area contributed by atoms with Gasteiger partial charge in [-0.2, -0.15) is 0 Å². The first kappa shape index (κ1) is 20.8. The molecule has 7 heteroatoms. The largest absolute Gasteiger partial charge is 0.495 e. The van der Waals surface area contributed by atoms with Crippen LogP contribution in [0, 0.1) is 0 Å². The average molecular weight is 479 g/mol. The van der Waals surface area contributed by atoms with Gasteiger partial charge in [-0.1, -0.05) is 40.2 Å². The molecule has 0 unspecified atom stereocenters. The van der Waals surface area contributed by atoms with Crippen LogP contribution < -0.4 is 9.64 Å². The van der Waals surface area contributed by atoms with Crippen molar-refractivity contribution in [2.45, 2.75) is 0 Å². The van der Waals surface area contributed by atoms with Crippen molar-refractivity contribution >= 4 is 39.3 Å². The summed E-state index contributed by atoms with van der Waals surface area (Å²) in [6.45, 7) is 0.188. The van der Waals surface area contributed by atoms with Crippen LogP contribution in [0.3, 0.4) is 0 Å². The van der Waals surface area contributed by atoms with E-state index in [9.17, 15) is 14.4 Å². The molecular weight excluding hydrogens is 460 g/mol. The van der Waals surface area contributed by atoms with Gasteiger partial charge in [-0.15, -0.1) is 0 Å². The number of rotatable bonds is 6. The predicted molar refractivity (Wildman–Crippen MR) is 121 cm³/mol. The molecule has 0 spiro atoms. The van der Waals surface area contributed by atoms with E-state index < -0.39 is 0 Å². The number of carbonyl (C=O) groups is 3. The van der Waals surface area contributed by atoms with Gasteiger partial charge < -0.3 is 9.64 Å².